The van der Waals surface area contributed by atoms with E-state index in [1.54, 1.807) is 0 Å². The molecule has 4 nitrogen and oxygen atoms in total. The largest absolute Gasteiger partial charge is 0.394 e. The summed E-state index contributed by atoms with van der Waals surface area (Å²) in [5, 5.41) is 0. The molecule has 7 heavy (non-hydrogen) atoms. The normalized spacial score (nSPS) is 8.29. The van der Waals surface area contributed by atoms with Crippen molar-refractivity contribution in [2.45, 2.75) is 0 Å². The van der Waals surface area contributed by atoms with Crippen molar-refractivity contribution in [1.29, 1.82) is 0 Å². The van der Waals surface area contributed by atoms with E-state index in [1.807, 2.05) is 0 Å². The van der Waals surface area contributed by atoms with Crippen LogP contribution in [-0.4, -0.2) is 134 Å². The third kappa shape index (κ3) is 43.8. The second kappa shape index (κ2) is 7.59. The molecule has 0 amide bonds. The second-order valence-corrected chi connectivity index (χ2v) is 1.34. The minimum atomic E-state index is -4.67. The summed E-state index contributed by atoms with van der Waals surface area (Å²) in [4.78, 5) is 0. The van der Waals surface area contributed by atoms with Gasteiger partial charge in [0.15, 0.2) is 0 Å². The van der Waals surface area contributed by atoms with E-state index in [-0.39, 0.29) is 116 Å². The third-order valence-corrected chi connectivity index (χ3v) is 0. The Morgan fingerprint density at radius 1 is 1.00 bits per heavy atom. The fourth-order valence-electron chi connectivity index (χ4n) is 0. The van der Waals surface area contributed by atoms with Gasteiger partial charge in [-0.05, 0) is 0 Å². The van der Waals surface area contributed by atoms with Crippen molar-refractivity contribution < 1.29 is 17.5 Å². The zero-order valence-corrected chi connectivity index (χ0v) is 14.8. The molecule has 0 aliphatic carbocycles. The first-order valence-corrected chi connectivity index (χ1v) is 2.10. The molecule has 0 saturated carbocycles. The first-order chi connectivity index (χ1) is 2.00. The van der Waals surface area contributed by atoms with E-state index in [9.17, 15) is 0 Å². The Hall–Kier alpha value is 3.48. The Kier molecular flexibility index (Phi) is 18.2. The molecule has 2 radical (unpaired) electrons. The first kappa shape index (κ1) is 16.8. The summed E-state index contributed by atoms with van der Waals surface area (Å²) < 4.78 is 31.6. The summed E-state index contributed by atoms with van der Waals surface area (Å²) in [5.74, 6) is 0. The minimum Gasteiger partial charge on any atom is -0.264 e. The van der Waals surface area contributed by atoms with Crippen LogP contribution in [0.5, 0.6) is 0 Å². The van der Waals surface area contributed by atoms with Crippen LogP contribution >= 0.6 is 0 Å². The van der Waals surface area contributed by atoms with Crippen LogP contribution in [0.25, 0.3) is 0 Å². The Balaban J connectivity index is -0.0000000800. The van der Waals surface area contributed by atoms with Crippen LogP contribution in [0.3, 0.4) is 0 Å². The van der Waals surface area contributed by atoms with Gasteiger partial charge in [-0.1, -0.05) is 0 Å². The van der Waals surface area contributed by atoms with Gasteiger partial charge in [0, 0.05) is 116 Å². The van der Waals surface area contributed by atoms with Crippen molar-refractivity contribution in [2.75, 3.05) is 0 Å². The molecule has 0 unspecified atom stereocenters. The molecule has 0 heterocycles. The van der Waals surface area contributed by atoms with Gasteiger partial charge in [-0.15, -0.1) is 0 Å². The summed E-state index contributed by atoms with van der Waals surface area (Å²) in [5.41, 5.74) is 0. The summed E-state index contributed by atoms with van der Waals surface area (Å²) >= 11 is 0. The predicted octanol–water partition coefficient (Wildman–Crippen LogP) is -1.41. The molecule has 0 bridgehead atoms. The van der Waals surface area contributed by atoms with Gasteiger partial charge in [-0.2, -0.15) is 8.42 Å². The van der Waals surface area contributed by atoms with Crippen LogP contribution in [0.1, 0.15) is 0 Å². The maximum absolute atomic E-state index is 8.74. The molecule has 2 N–H and O–H groups in total. The van der Waals surface area contributed by atoms with Crippen LogP contribution < -0.4 is 0 Å². The molecule has 0 aromatic rings. The molecule has 0 rings (SSSR count). The number of hydrogen-bond acceptors (Lipinski definition) is 2. The Morgan fingerprint density at radius 3 is 1.00 bits per heavy atom. The van der Waals surface area contributed by atoms with Crippen molar-refractivity contribution in [3.8, 4) is 0 Å². The van der Waals surface area contributed by atoms with E-state index >= 15 is 0 Å². The smallest absolute Gasteiger partial charge is 0.264 e. The summed E-state index contributed by atoms with van der Waals surface area (Å²) in [7, 11) is -4.67. The van der Waals surface area contributed by atoms with Crippen LogP contribution in [0.4, 0.5) is 0 Å². The van der Waals surface area contributed by atoms with Gasteiger partial charge in [0.1, 0.15) is 0 Å². The molecule has 34 valence electrons. The fourth-order valence-corrected chi connectivity index (χ4v) is 0. The Morgan fingerprint density at radius 2 is 1.00 bits per heavy atom. The van der Waals surface area contributed by atoms with Gasteiger partial charge < -0.3 is 0 Å². The van der Waals surface area contributed by atoms with Crippen LogP contribution in [0, 0.1) is 0 Å². The molecule has 0 aromatic carbocycles. The molecule has 0 aliphatic heterocycles. The van der Waals surface area contributed by atoms with E-state index < -0.39 is 10.4 Å². The zero-order valence-electron chi connectivity index (χ0n) is 4.12. The van der Waals surface area contributed by atoms with Gasteiger partial charge in [0.2, 0.25) is 0 Å². The number of hydrogen-bond donors (Lipinski definition) is 2. The standard InChI is InChI=1S/H2O4S.2Rb/c1-5(2,3)4;;/h(H2,1,2,3,4);;. The molecule has 0 aromatic heterocycles. The molecular formula is H2O4Rb2S. The van der Waals surface area contributed by atoms with Gasteiger partial charge in [0.05, 0.1) is 0 Å². The minimum absolute atomic E-state index is 0. The molecule has 0 aliphatic rings. The second-order valence-electron chi connectivity index (χ2n) is 0.448. The van der Waals surface area contributed by atoms with Crippen molar-refractivity contribution >= 4 is 127 Å². The zero-order chi connectivity index (χ0) is 4.50. The average Bonchev–Trinajstić information content (AvgIpc) is 0.722. The van der Waals surface area contributed by atoms with Gasteiger partial charge >= 0.3 is 10.4 Å². The van der Waals surface area contributed by atoms with Gasteiger partial charge in [-0.25, -0.2) is 0 Å². The van der Waals surface area contributed by atoms with Crippen molar-refractivity contribution in [1.82, 2.24) is 0 Å². The average molecular weight is 269 g/mol. The monoisotopic (exact) mass is 268 g/mol. The van der Waals surface area contributed by atoms with E-state index in [2.05, 4.69) is 0 Å². The Bertz CT molecular complexity index is 92.9. The molecule has 0 spiro atoms. The fraction of sp³-hybridized carbons (Fsp3) is 0. The predicted molar refractivity (Wildman–Crippen MR) is 25.7 cm³/mol. The van der Waals surface area contributed by atoms with Gasteiger partial charge in [0.25, 0.3) is 0 Å². The molecule has 0 fully saturated rings. The van der Waals surface area contributed by atoms with Crippen LogP contribution in [0.15, 0.2) is 0 Å². The third-order valence-electron chi connectivity index (χ3n) is 0. The first-order valence-electron chi connectivity index (χ1n) is 0.698. The molecular weight excluding hydrogens is 267 g/mol. The summed E-state index contributed by atoms with van der Waals surface area (Å²) in [6.45, 7) is 0. The molecule has 0 atom stereocenters. The maximum atomic E-state index is 8.74. The van der Waals surface area contributed by atoms with Crippen LogP contribution in [0.2, 0.25) is 0 Å². The summed E-state index contributed by atoms with van der Waals surface area (Å²) in [6.07, 6.45) is 0. The van der Waals surface area contributed by atoms with E-state index in [0.717, 1.165) is 0 Å². The molecule has 0 saturated heterocycles. The van der Waals surface area contributed by atoms with Crippen molar-refractivity contribution in [2.24, 2.45) is 0 Å². The van der Waals surface area contributed by atoms with Crippen molar-refractivity contribution in [3.63, 3.8) is 0 Å². The topological polar surface area (TPSA) is 74.6 Å². The maximum Gasteiger partial charge on any atom is 0.394 e. The van der Waals surface area contributed by atoms with Gasteiger partial charge in [-0.3, -0.25) is 9.11 Å². The SMILES string of the molecule is O=S(=O)(O)O.[Rb].[Rb]. The van der Waals surface area contributed by atoms with E-state index in [1.165, 1.54) is 0 Å². The van der Waals surface area contributed by atoms with E-state index in [0.29, 0.717) is 0 Å². The van der Waals surface area contributed by atoms with E-state index in [4.69, 9.17) is 17.5 Å². The van der Waals surface area contributed by atoms with Crippen molar-refractivity contribution in [3.05, 3.63) is 0 Å². The quantitative estimate of drug-likeness (QED) is 0.530. The summed E-state index contributed by atoms with van der Waals surface area (Å²) in [6, 6.07) is 0. The number of rotatable bonds is 0. The Labute approximate surface area is 140 Å². The molecule has 7 heteroatoms. The van der Waals surface area contributed by atoms with Crippen LogP contribution in [-0.2, 0) is 10.4 Å².